The van der Waals surface area contributed by atoms with Gasteiger partial charge in [-0.15, -0.1) is 11.3 Å². The molecule has 0 bridgehead atoms. The van der Waals surface area contributed by atoms with Gasteiger partial charge in [0.1, 0.15) is 0 Å². The number of nitrogens with one attached hydrogen (secondary N) is 1. The molecule has 1 aromatic rings. The summed E-state index contributed by atoms with van der Waals surface area (Å²) in [6.45, 7) is 11.5. The molecule has 1 N–H and O–H groups in total. The Morgan fingerprint density at radius 1 is 1.47 bits per heavy atom. The number of thiophene rings is 1. The van der Waals surface area contributed by atoms with Crippen molar-refractivity contribution in [2.75, 3.05) is 19.6 Å². The van der Waals surface area contributed by atoms with E-state index >= 15 is 0 Å². The van der Waals surface area contributed by atoms with Crippen molar-refractivity contribution in [3.05, 3.63) is 21.9 Å². The average molecular weight is 252 g/mol. The van der Waals surface area contributed by atoms with Gasteiger partial charge < -0.3 is 5.32 Å². The number of rotatable bonds is 4. The quantitative estimate of drug-likeness (QED) is 0.886. The van der Waals surface area contributed by atoms with Gasteiger partial charge in [-0.1, -0.05) is 13.8 Å². The molecule has 0 radical (unpaired) electrons. The first-order valence-electron chi connectivity index (χ1n) is 6.64. The van der Waals surface area contributed by atoms with Crippen LogP contribution < -0.4 is 5.32 Å². The zero-order valence-corrected chi connectivity index (χ0v) is 12.0. The molecule has 1 aliphatic rings. The van der Waals surface area contributed by atoms with Crippen molar-refractivity contribution in [3.8, 4) is 0 Å². The highest BCUT2D eigenvalue weighted by atomic mass is 32.1. The Kier molecular flexibility index (Phi) is 4.60. The summed E-state index contributed by atoms with van der Waals surface area (Å²) in [5.41, 5.74) is 0. The molecule has 1 saturated heterocycles. The molecule has 0 aliphatic carbocycles. The third kappa shape index (κ3) is 4.09. The summed E-state index contributed by atoms with van der Waals surface area (Å²) in [7, 11) is 0. The fourth-order valence-electron chi connectivity index (χ4n) is 2.56. The number of nitrogens with zero attached hydrogens (tertiary/aromatic N) is 1. The number of hydrogen-bond donors (Lipinski definition) is 1. The lowest BCUT2D eigenvalue weighted by molar-refractivity contribution is 0.181. The van der Waals surface area contributed by atoms with Crippen LogP contribution in [0.4, 0.5) is 0 Å². The van der Waals surface area contributed by atoms with E-state index in [1.165, 1.54) is 29.3 Å². The molecule has 0 spiro atoms. The number of hydrogen-bond acceptors (Lipinski definition) is 3. The number of piperazine rings is 1. The average Bonchev–Trinajstić information content (AvgIpc) is 2.63. The largest absolute Gasteiger partial charge is 0.311 e. The fourth-order valence-corrected chi connectivity index (χ4v) is 3.49. The van der Waals surface area contributed by atoms with Crippen LogP contribution in [0.1, 0.15) is 30.0 Å². The minimum Gasteiger partial charge on any atom is -0.311 e. The predicted molar refractivity (Wildman–Crippen MR) is 75.6 cm³/mol. The summed E-state index contributed by atoms with van der Waals surface area (Å²) in [5, 5.41) is 3.63. The van der Waals surface area contributed by atoms with Crippen molar-refractivity contribution >= 4 is 11.3 Å². The smallest absolute Gasteiger partial charge is 0.0329 e. The highest BCUT2D eigenvalue weighted by Crippen LogP contribution is 2.18. The van der Waals surface area contributed by atoms with Crippen molar-refractivity contribution in [2.45, 2.75) is 39.8 Å². The van der Waals surface area contributed by atoms with Crippen molar-refractivity contribution in [1.82, 2.24) is 10.2 Å². The second-order valence-electron chi connectivity index (χ2n) is 5.53. The summed E-state index contributed by atoms with van der Waals surface area (Å²) >= 11 is 1.93. The molecule has 0 aromatic carbocycles. The van der Waals surface area contributed by atoms with Gasteiger partial charge in [0.25, 0.3) is 0 Å². The van der Waals surface area contributed by atoms with Gasteiger partial charge in [0.15, 0.2) is 0 Å². The summed E-state index contributed by atoms with van der Waals surface area (Å²) in [5.74, 6) is 0.788. The molecule has 0 saturated carbocycles. The highest BCUT2D eigenvalue weighted by Gasteiger charge is 2.20. The molecule has 1 fully saturated rings. The summed E-state index contributed by atoms with van der Waals surface area (Å²) < 4.78 is 0. The lowest BCUT2D eigenvalue weighted by Crippen LogP contribution is -2.50. The van der Waals surface area contributed by atoms with E-state index in [1.807, 2.05) is 11.3 Å². The normalized spacial score (nSPS) is 22.2. The Labute approximate surface area is 109 Å². The first kappa shape index (κ1) is 13.1. The van der Waals surface area contributed by atoms with Gasteiger partial charge in [-0.05, 0) is 31.4 Å². The van der Waals surface area contributed by atoms with E-state index in [2.05, 4.69) is 43.1 Å². The topological polar surface area (TPSA) is 15.3 Å². The second kappa shape index (κ2) is 5.98. The van der Waals surface area contributed by atoms with Crippen LogP contribution in [0, 0.1) is 12.8 Å². The Balaban J connectivity index is 1.85. The molecule has 1 aliphatic heterocycles. The van der Waals surface area contributed by atoms with Crippen LogP contribution in [-0.2, 0) is 6.54 Å². The van der Waals surface area contributed by atoms with E-state index in [1.54, 1.807) is 0 Å². The lowest BCUT2D eigenvalue weighted by Gasteiger charge is -2.34. The van der Waals surface area contributed by atoms with E-state index in [-0.39, 0.29) is 0 Å². The van der Waals surface area contributed by atoms with Crippen LogP contribution in [0.15, 0.2) is 12.1 Å². The highest BCUT2D eigenvalue weighted by molar-refractivity contribution is 7.11. The van der Waals surface area contributed by atoms with Crippen molar-refractivity contribution in [2.24, 2.45) is 5.92 Å². The summed E-state index contributed by atoms with van der Waals surface area (Å²) in [4.78, 5) is 5.52. The molecule has 3 heteroatoms. The van der Waals surface area contributed by atoms with Crippen LogP contribution in [0.5, 0.6) is 0 Å². The molecule has 1 aromatic heterocycles. The molecular weight excluding hydrogens is 228 g/mol. The molecule has 17 heavy (non-hydrogen) atoms. The molecular formula is C14H24N2S. The van der Waals surface area contributed by atoms with Gasteiger partial charge in [0, 0.05) is 42.0 Å². The van der Waals surface area contributed by atoms with Crippen LogP contribution in [0.2, 0.25) is 0 Å². The first-order chi connectivity index (χ1) is 8.13. The zero-order chi connectivity index (χ0) is 12.3. The Bertz CT molecular complexity index is 346. The van der Waals surface area contributed by atoms with Gasteiger partial charge in [-0.2, -0.15) is 0 Å². The first-order valence-corrected chi connectivity index (χ1v) is 7.46. The third-order valence-corrected chi connectivity index (χ3v) is 4.26. The fraction of sp³-hybridized carbons (Fsp3) is 0.714. The maximum Gasteiger partial charge on any atom is 0.0329 e. The maximum atomic E-state index is 3.63. The van der Waals surface area contributed by atoms with Crippen LogP contribution in [0.3, 0.4) is 0 Å². The molecule has 2 nitrogen and oxygen atoms in total. The zero-order valence-electron chi connectivity index (χ0n) is 11.2. The van der Waals surface area contributed by atoms with E-state index in [0.717, 1.165) is 19.0 Å². The van der Waals surface area contributed by atoms with E-state index in [0.29, 0.717) is 6.04 Å². The van der Waals surface area contributed by atoms with Gasteiger partial charge in [-0.3, -0.25) is 4.90 Å². The SMILES string of the molecule is Cc1ccc(CN2CCNC(CC(C)C)C2)s1. The minimum atomic E-state index is 0.685. The van der Waals surface area contributed by atoms with Crippen molar-refractivity contribution in [3.63, 3.8) is 0 Å². The van der Waals surface area contributed by atoms with Gasteiger partial charge in [0.2, 0.25) is 0 Å². The van der Waals surface area contributed by atoms with Crippen molar-refractivity contribution in [1.29, 1.82) is 0 Å². The van der Waals surface area contributed by atoms with Crippen LogP contribution in [0.25, 0.3) is 0 Å². The lowest BCUT2D eigenvalue weighted by atomic mass is 10.0. The number of aryl methyl sites for hydroxylation is 1. The van der Waals surface area contributed by atoms with E-state index in [9.17, 15) is 0 Å². The Morgan fingerprint density at radius 3 is 2.94 bits per heavy atom. The monoisotopic (exact) mass is 252 g/mol. The molecule has 2 rings (SSSR count). The second-order valence-corrected chi connectivity index (χ2v) is 6.90. The Morgan fingerprint density at radius 2 is 2.29 bits per heavy atom. The Hall–Kier alpha value is -0.380. The summed E-state index contributed by atoms with van der Waals surface area (Å²) in [6, 6.07) is 5.19. The van der Waals surface area contributed by atoms with E-state index < -0.39 is 0 Å². The molecule has 0 amide bonds. The molecule has 96 valence electrons. The van der Waals surface area contributed by atoms with Gasteiger partial charge >= 0.3 is 0 Å². The predicted octanol–water partition coefficient (Wildman–Crippen LogP) is 2.88. The van der Waals surface area contributed by atoms with E-state index in [4.69, 9.17) is 0 Å². The van der Waals surface area contributed by atoms with Crippen molar-refractivity contribution < 1.29 is 0 Å². The maximum absolute atomic E-state index is 3.63. The molecule has 1 unspecified atom stereocenters. The van der Waals surface area contributed by atoms with Gasteiger partial charge in [0.05, 0.1) is 0 Å². The summed E-state index contributed by atoms with van der Waals surface area (Å²) in [6.07, 6.45) is 1.29. The van der Waals surface area contributed by atoms with Crippen LogP contribution in [-0.4, -0.2) is 30.6 Å². The minimum absolute atomic E-state index is 0.685. The third-order valence-electron chi connectivity index (χ3n) is 3.27. The molecule has 1 atom stereocenters. The van der Waals surface area contributed by atoms with Gasteiger partial charge in [-0.25, -0.2) is 0 Å². The van der Waals surface area contributed by atoms with Crippen LogP contribution >= 0.6 is 11.3 Å². The standard InChI is InChI=1S/C14H24N2S/c1-11(2)8-13-9-16(7-6-15-13)10-14-5-4-12(3)17-14/h4-5,11,13,15H,6-10H2,1-3H3. The molecule has 2 heterocycles.